The van der Waals surface area contributed by atoms with Gasteiger partial charge in [-0.3, -0.25) is 0 Å². The zero-order valence-corrected chi connectivity index (χ0v) is 25.2. The molecule has 10 aromatic carbocycles. The summed E-state index contributed by atoms with van der Waals surface area (Å²) in [6, 6.07) is 52.2. The molecule has 210 valence electrons. The molecule has 1 nitrogen and oxygen atoms in total. The van der Waals surface area contributed by atoms with Gasteiger partial charge in [0.15, 0.2) is 0 Å². The second kappa shape index (κ2) is 8.94. The van der Waals surface area contributed by atoms with Crippen molar-refractivity contribution in [3.63, 3.8) is 0 Å². The van der Waals surface area contributed by atoms with Crippen molar-refractivity contribution in [3.8, 4) is 0 Å². The number of nitrogens with zero attached hydrogens (tertiary/aromatic N) is 1. The maximum absolute atomic E-state index is 2.47. The average Bonchev–Trinajstić information content (AvgIpc) is 3.57. The van der Waals surface area contributed by atoms with E-state index in [1.807, 2.05) is 0 Å². The number of hydrogen-bond acceptors (Lipinski definition) is 1. The predicted octanol–water partition coefficient (Wildman–Crippen LogP) is 12.7. The SMILES string of the molecule is Cc1ccc(N(c2ccc(C)cc2)c2ccc3c(c2)c2cccc4c5cc6c7ccccc7c7cccc(c5cc3c24)c76)cc1. The van der Waals surface area contributed by atoms with E-state index in [1.165, 1.54) is 92.2 Å². The van der Waals surface area contributed by atoms with Crippen molar-refractivity contribution in [2.75, 3.05) is 4.90 Å². The van der Waals surface area contributed by atoms with Gasteiger partial charge in [0.05, 0.1) is 0 Å². The number of hydrogen-bond donors (Lipinski definition) is 0. The maximum Gasteiger partial charge on any atom is 0.0468 e. The van der Waals surface area contributed by atoms with Gasteiger partial charge in [-0.25, -0.2) is 0 Å². The van der Waals surface area contributed by atoms with Crippen LogP contribution < -0.4 is 4.90 Å². The molecule has 0 aliphatic rings. The molecular weight excluding hydrogens is 542 g/mol. The Bertz CT molecular complexity index is 2710. The minimum atomic E-state index is 1.16. The third kappa shape index (κ3) is 3.38. The van der Waals surface area contributed by atoms with Gasteiger partial charge >= 0.3 is 0 Å². The Morgan fingerprint density at radius 1 is 0.289 bits per heavy atom. The summed E-state index contributed by atoms with van der Waals surface area (Å²) in [5.74, 6) is 0. The summed E-state index contributed by atoms with van der Waals surface area (Å²) in [6.07, 6.45) is 0. The number of aryl methyl sites for hydroxylation is 2. The standard InChI is InChI=1S/C44H29N/c1-26-13-17-28(18-14-26)45(29-19-15-27(2)16-20-29)30-21-22-33-38(23-30)35-10-6-12-37-39-24-41-32-8-4-3-7-31(32)34-9-5-11-36(43(34)41)40(39)25-42(33)44(35)37/h3-25H,1-2H3. The van der Waals surface area contributed by atoms with E-state index in [2.05, 4.69) is 158 Å². The third-order valence-electron chi connectivity index (χ3n) is 10.0. The molecule has 0 amide bonds. The molecule has 0 spiro atoms. The highest BCUT2D eigenvalue weighted by Gasteiger charge is 2.20. The number of rotatable bonds is 3. The van der Waals surface area contributed by atoms with Crippen LogP contribution in [0.15, 0.2) is 140 Å². The minimum Gasteiger partial charge on any atom is -0.310 e. The van der Waals surface area contributed by atoms with Gasteiger partial charge < -0.3 is 4.90 Å². The second-order valence-corrected chi connectivity index (χ2v) is 12.7. The lowest BCUT2D eigenvalue weighted by Gasteiger charge is -2.26. The van der Waals surface area contributed by atoms with Crippen molar-refractivity contribution in [1.29, 1.82) is 0 Å². The van der Waals surface area contributed by atoms with E-state index in [0.717, 1.165) is 11.4 Å². The quantitative estimate of drug-likeness (QED) is 0.191. The molecule has 0 unspecified atom stereocenters. The fourth-order valence-electron chi connectivity index (χ4n) is 7.96. The van der Waals surface area contributed by atoms with Crippen LogP contribution in [0.5, 0.6) is 0 Å². The lowest BCUT2D eigenvalue weighted by molar-refractivity contribution is 1.27. The van der Waals surface area contributed by atoms with Crippen molar-refractivity contribution in [1.82, 2.24) is 0 Å². The summed E-state index contributed by atoms with van der Waals surface area (Å²) in [6.45, 7) is 4.29. The van der Waals surface area contributed by atoms with Crippen LogP contribution in [0.2, 0.25) is 0 Å². The predicted molar refractivity (Wildman–Crippen MR) is 196 cm³/mol. The Labute approximate surface area is 261 Å². The molecule has 0 aliphatic carbocycles. The first kappa shape index (κ1) is 24.7. The fraction of sp³-hybridized carbons (Fsp3) is 0.0455. The van der Waals surface area contributed by atoms with Crippen LogP contribution in [0.1, 0.15) is 11.1 Å². The normalized spacial score (nSPS) is 12.2. The zero-order chi connectivity index (χ0) is 29.8. The average molecular weight is 572 g/mol. The van der Waals surface area contributed by atoms with Gasteiger partial charge in [-0.05, 0) is 138 Å². The Morgan fingerprint density at radius 3 is 1.18 bits per heavy atom. The summed E-state index contributed by atoms with van der Waals surface area (Å²) < 4.78 is 0. The third-order valence-corrected chi connectivity index (χ3v) is 10.0. The highest BCUT2D eigenvalue weighted by molar-refractivity contribution is 6.41. The van der Waals surface area contributed by atoms with E-state index >= 15 is 0 Å². The zero-order valence-electron chi connectivity index (χ0n) is 25.2. The largest absolute Gasteiger partial charge is 0.310 e. The molecule has 0 saturated heterocycles. The topological polar surface area (TPSA) is 3.24 Å². The first-order valence-corrected chi connectivity index (χ1v) is 15.8. The van der Waals surface area contributed by atoms with Gasteiger partial charge in [-0.15, -0.1) is 0 Å². The molecule has 0 atom stereocenters. The van der Waals surface area contributed by atoms with Crippen molar-refractivity contribution in [2.45, 2.75) is 13.8 Å². The first-order valence-electron chi connectivity index (χ1n) is 15.8. The highest BCUT2D eigenvalue weighted by atomic mass is 15.1. The molecule has 0 heterocycles. The second-order valence-electron chi connectivity index (χ2n) is 12.7. The summed E-state index contributed by atoms with van der Waals surface area (Å²) in [5, 5.41) is 18.7. The molecule has 0 saturated carbocycles. The number of fused-ring (bicyclic) bond motifs is 9. The van der Waals surface area contributed by atoms with Gasteiger partial charge in [-0.2, -0.15) is 0 Å². The molecule has 0 aromatic heterocycles. The van der Waals surface area contributed by atoms with E-state index in [4.69, 9.17) is 0 Å². The van der Waals surface area contributed by atoms with E-state index in [9.17, 15) is 0 Å². The number of anilines is 3. The molecule has 0 radical (unpaired) electrons. The minimum absolute atomic E-state index is 1.16. The smallest absolute Gasteiger partial charge is 0.0468 e. The summed E-state index contributed by atoms with van der Waals surface area (Å²) in [5.41, 5.74) is 6.01. The maximum atomic E-state index is 2.47. The van der Waals surface area contributed by atoms with Crippen molar-refractivity contribution < 1.29 is 0 Å². The summed E-state index contributed by atoms with van der Waals surface area (Å²) >= 11 is 0. The van der Waals surface area contributed by atoms with Gasteiger partial charge in [-0.1, -0.05) is 102 Å². The van der Waals surface area contributed by atoms with E-state index < -0.39 is 0 Å². The Hall–Kier alpha value is -5.66. The van der Waals surface area contributed by atoms with E-state index in [-0.39, 0.29) is 0 Å². The summed E-state index contributed by atoms with van der Waals surface area (Å²) in [7, 11) is 0. The van der Waals surface area contributed by atoms with Crippen LogP contribution in [0.4, 0.5) is 17.1 Å². The fourth-order valence-corrected chi connectivity index (χ4v) is 7.96. The van der Waals surface area contributed by atoms with Crippen LogP contribution in [0.3, 0.4) is 0 Å². The number of benzene rings is 8. The van der Waals surface area contributed by atoms with Gasteiger partial charge in [0, 0.05) is 17.1 Å². The van der Waals surface area contributed by atoms with E-state index in [0.29, 0.717) is 0 Å². The Kier molecular flexibility index (Phi) is 4.91. The Morgan fingerprint density at radius 2 is 0.667 bits per heavy atom. The molecule has 10 aromatic rings. The lowest BCUT2D eigenvalue weighted by atomic mass is 9.93. The van der Waals surface area contributed by atoms with Gasteiger partial charge in [0.1, 0.15) is 0 Å². The molecule has 0 fully saturated rings. The van der Waals surface area contributed by atoms with Gasteiger partial charge in [0.25, 0.3) is 0 Å². The van der Waals surface area contributed by atoms with E-state index in [1.54, 1.807) is 0 Å². The molecule has 0 N–H and O–H groups in total. The van der Waals surface area contributed by atoms with Crippen molar-refractivity contribution in [3.05, 3.63) is 151 Å². The molecular formula is C44H29N. The molecule has 0 bridgehead atoms. The molecule has 10 rings (SSSR count). The summed E-state index contributed by atoms with van der Waals surface area (Å²) in [4.78, 5) is 2.38. The first-order chi connectivity index (χ1) is 22.1. The van der Waals surface area contributed by atoms with Crippen molar-refractivity contribution in [2.24, 2.45) is 0 Å². The molecule has 1 heteroatoms. The van der Waals surface area contributed by atoms with Crippen LogP contribution >= 0.6 is 0 Å². The monoisotopic (exact) mass is 571 g/mol. The van der Waals surface area contributed by atoms with Crippen LogP contribution in [0, 0.1) is 13.8 Å². The van der Waals surface area contributed by atoms with Crippen LogP contribution in [-0.2, 0) is 0 Å². The molecule has 0 aliphatic heterocycles. The highest BCUT2D eigenvalue weighted by Crippen LogP contribution is 2.48. The lowest BCUT2D eigenvalue weighted by Crippen LogP contribution is -2.09. The van der Waals surface area contributed by atoms with Gasteiger partial charge in [0.2, 0.25) is 0 Å². The Balaban J connectivity index is 1.29. The van der Waals surface area contributed by atoms with Crippen LogP contribution in [-0.4, -0.2) is 0 Å². The van der Waals surface area contributed by atoms with Crippen molar-refractivity contribution >= 4 is 92.5 Å². The van der Waals surface area contributed by atoms with Crippen LogP contribution in [0.25, 0.3) is 75.4 Å². The molecule has 45 heavy (non-hydrogen) atoms.